The maximum absolute atomic E-state index is 9.62. The summed E-state index contributed by atoms with van der Waals surface area (Å²) in [6.45, 7) is 8.24. The summed E-state index contributed by atoms with van der Waals surface area (Å²) in [6, 6.07) is 1.90. The lowest BCUT2D eigenvalue weighted by Gasteiger charge is -2.23. The standard InChI is InChI=1S/C15H23ClO3/c1-5-19-15-10(3)7-13(16)11(4)14(15)9(2)6-12(18)8-17/h7,9,12,17-18H,5-6,8H2,1-4H3. The number of hydrogen-bond donors (Lipinski definition) is 2. The van der Waals surface area contributed by atoms with Crippen LogP contribution < -0.4 is 4.74 Å². The Labute approximate surface area is 120 Å². The van der Waals surface area contributed by atoms with Gasteiger partial charge >= 0.3 is 0 Å². The van der Waals surface area contributed by atoms with Crippen molar-refractivity contribution < 1.29 is 14.9 Å². The number of halogens is 1. The van der Waals surface area contributed by atoms with Gasteiger partial charge in [0.25, 0.3) is 0 Å². The van der Waals surface area contributed by atoms with E-state index in [0.717, 1.165) is 22.4 Å². The van der Waals surface area contributed by atoms with E-state index in [0.29, 0.717) is 18.1 Å². The third-order valence-corrected chi connectivity index (χ3v) is 3.72. The molecule has 3 nitrogen and oxygen atoms in total. The van der Waals surface area contributed by atoms with E-state index in [9.17, 15) is 5.11 Å². The molecule has 0 radical (unpaired) electrons. The van der Waals surface area contributed by atoms with Crippen LogP contribution in [-0.2, 0) is 0 Å². The Morgan fingerprint density at radius 1 is 1.37 bits per heavy atom. The molecule has 1 rings (SSSR count). The van der Waals surface area contributed by atoms with E-state index in [2.05, 4.69) is 0 Å². The maximum Gasteiger partial charge on any atom is 0.126 e. The van der Waals surface area contributed by atoms with E-state index in [1.54, 1.807) is 0 Å². The fraction of sp³-hybridized carbons (Fsp3) is 0.600. The monoisotopic (exact) mass is 286 g/mol. The summed E-state index contributed by atoms with van der Waals surface area (Å²) < 4.78 is 5.74. The quantitative estimate of drug-likeness (QED) is 0.844. The summed E-state index contributed by atoms with van der Waals surface area (Å²) in [7, 11) is 0. The molecule has 0 saturated heterocycles. The van der Waals surface area contributed by atoms with Crippen LogP contribution in [0.3, 0.4) is 0 Å². The van der Waals surface area contributed by atoms with Gasteiger partial charge in [0.05, 0.1) is 19.3 Å². The minimum absolute atomic E-state index is 0.0705. The summed E-state index contributed by atoms with van der Waals surface area (Å²) in [5.74, 6) is 0.920. The van der Waals surface area contributed by atoms with E-state index >= 15 is 0 Å². The maximum atomic E-state index is 9.62. The molecule has 0 aliphatic carbocycles. The minimum Gasteiger partial charge on any atom is -0.493 e. The second-order valence-corrected chi connectivity index (χ2v) is 5.36. The highest BCUT2D eigenvalue weighted by Gasteiger charge is 2.21. The van der Waals surface area contributed by atoms with E-state index in [-0.39, 0.29) is 12.5 Å². The van der Waals surface area contributed by atoms with Crippen LogP contribution >= 0.6 is 11.6 Å². The molecule has 2 unspecified atom stereocenters. The smallest absolute Gasteiger partial charge is 0.126 e. The van der Waals surface area contributed by atoms with E-state index < -0.39 is 6.10 Å². The predicted octanol–water partition coefficient (Wildman–Crippen LogP) is 3.20. The van der Waals surface area contributed by atoms with Gasteiger partial charge in [-0.15, -0.1) is 0 Å². The first-order valence-corrected chi connectivity index (χ1v) is 7.01. The average Bonchev–Trinajstić information content (AvgIpc) is 2.35. The van der Waals surface area contributed by atoms with Crippen LogP contribution in [0, 0.1) is 13.8 Å². The van der Waals surface area contributed by atoms with Crippen molar-refractivity contribution in [3.05, 3.63) is 27.8 Å². The van der Waals surface area contributed by atoms with Crippen molar-refractivity contribution in [2.45, 2.75) is 46.1 Å². The molecule has 0 spiro atoms. The number of aryl methyl sites for hydroxylation is 1. The van der Waals surface area contributed by atoms with Gasteiger partial charge in [0.2, 0.25) is 0 Å². The molecule has 0 aliphatic heterocycles. The zero-order valence-corrected chi connectivity index (χ0v) is 12.8. The van der Waals surface area contributed by atoms with Crippen LogP contribution in [0.4, 0.5) is 0 Å². The molecular formula is C15H23ClO3. The third kappa shape index (κ3) is 3.85. The molecule has 1 aromatic rings. The molecule has 0 saturated carbocycles. The van der Waals surface area contributed by atoms with Crippen molar-refractivity contribution in [3.8, 4) is 5.75 Å². The summed E-state index contributed by atoms with van der Waals surface area (Å²) in [4.78, 5) is 0. The van der Waals surface area contributed by atoms with Gasteiger partial charge in [-0.3, -0.25) is 0 Å². The fourth-order valence-corrected chi connectivity index (χ4v) is 2.67. The van der Waals surface area contributed by atoms with Crippen LogP contribution in [0.1, 0.15) is 42.9 Å². The van der Waals surface area contributed by atoms with E-state index in [1.165, 1.54) is 0 Å². The molecule has 108 valence electrons. The van der Waals surface area contributed by atoms with Crippen LogP contribution in [0.15, 0.2) is 6.07 Å². The van der Waals surface area contributed by atoms with Crippen molar-refractivity contribution in [1.29, 1.82) is 0 Å². The second-order valence-electron chi connectivity index (χ2n) is 4.95. The minimum atomic E-state index is -0.719. The van der Waals surface area contributed by atoms with E-state index in [4.69, 9.17) is 21.4 Å². The third-order valence-electron chi connectivity index (χ3n) is 3.33. The normalized spacial score (nSPS) is 14.3. The molecule has 2 N–H and O–H groups in total. The van der Waals surface area contributed by atoms with E-state index in [1.807, 2.05) is 33.8 Å². The number of benzene rings is 1. The van der Waals surface area contributed by atoms with Gasteiger partial charge in [-0.05, 0) is 50.3 Å². The van der Waals surface area contributed by atoms with Crippen LogP contribution in [-0.4, -0.2) is 29.5 Å². The molecule has 4 heteroatoms. The SMILES string of the molecule is CCOc1c(C)cc(Cl)c(C)c1C(C)CC(O)CO. The molecule has 0 aromatic heterocycles. The Kier molecular flexibility index (Phi) is 6.11. The molecular weight excluding hydrogens is 264 g/mol. The zero-order valence-electron chi connectivity index (χ0n) is 12.0. The average molecular weight is 287 g/mol. The zero-order chi connectivity index (χ0) is 14.6. The van der Waals surface area contributed by atoms with Crippen LogP contribution in [0.5, 0.6) is 5.75 Å². The van der Waals surface area contributed by atoms with Gasteiger partial charge in [0, 0.05) is 10.6 Å². The molecule has 1 aromatic carbocycles. The number of rotatable bonds is 6. The Balaban J connectivity index is 3.22. The molecule has 0 bridgehead atoms. The number of aliphatic hydroxyl groups is 2. The number of ether oxygens (including phenoxy) is 1. The first-order valence-electron chi connectivity index (χ1n) is 6.63. The van der Waals surface area contributed by atoms with Crippen molar-refractivity contribution in [2.75, 3.05) is 13.2 Å². The predicted molar refractivity (Wildman–Crippen MR) is 78.2 cm³/mol. The van der Waals surface area contributed by atoms with Crippen LogP contribution in [0.2, 0.25) is 5.02 Å². The number of aliphatic hydroxyl groups excluding tert-OH is 2. The van der Waals surface area contributed by atoms with Crippen molar-refractivity contribution in [2.24, 2.45) is 0 Å². The lowest BCUT2D eigenvalue weighted by molar-refractivity contribution is 0.0832. The van der Waals surface area contributed by atoms with Crippen molar-refractivity contribution >= 4 is 11.6 Å². The van der Waals surface area contributed by atoms with Gasteiger partial charge < -0.3 is 14.9 Å². The largest absolute Gasteiger partial charge is 0.493 e. The Hall–Kier alpha value is -0.770. The molecule has 0 fully saturated rings. The fourth-order valence-electron chi connectivity index (χ4n) is 2.41. The van der Waals surface area contributed by atoms with Crippen molar-refractivity contribution in [1.82, 2.24) is 0 Å². The summed E-state index contributed by atoms with van der Waals surface area (Å²) in [6.07, 6.45) is -0.236. The summed E-state index contributed by atoms with van der Waals surface area (Å²) in [5, 5.41) is 19.3. The lowest BCUT2D eigenvalue weighted by atomic mass is 9.89. The number of hydrogen-bond acceptors (Lipinski definition) is 3. The highest BCUT2D eigenvalue weighted by molar-refractivity contribution is 6.31. The van der Waals surface area contributed by atoms with Crippen LogP contribution in [0.25, 0.3) is 0 Å². The Bertz CT molecular complexity index is 432. The Morgan fingerprint density at radius 3 is 2.53 bits per heavy atom. The van der Waals surface area contributed by atoms with Gasteiger partial charge in [0.15, 0.2) is 0 Å². The van der Waals surface area contributed by atoms with Gasteiger partial charge in [-0.1, -0.05) is 18.5 Å². The molecule has 2 atom stereocenters. The summed E-state index contributed by atoms with van der Waals surface area (Å²) >= 11 is 6.24. The lowest BCUT2D eigenvalue weighted by Crippen LogP contribution is -2.16. The highest BCUT2D eigenvalue weighted by Crippen LogP contribution is 2.38. The Morgan fingerprint density at radius 2 is 2.00 bits per heavy atom. The van der Waals surface area contributed by atoms with Gasteiger partial charge in [0.1, 0.15) is 5.75 Å². The first kappa shape index (κ1) is 16.3. The molecule has 0 heterocycles. The van der Waals surface area contributed by atoms with Gasteiger partial charge in [-0.25, -0.2) is 0 Å². The second kappa shape index (κ2) is 7.13. The molecule has 19 heavy (non-hydrogen) atoms. The molecule has 0 aliphatic rings. The first-order chi connectivity index (χ1) is 8.92. The van der Waals surface area contributed by atoms with Gasteiger partial charge in [-0.2, -0.15) is 0 Å². The summed E-state index contributed by atoms with van der Waals surface area (Å²) in [5.41, 5.74) is 3.01. The highest BCUT2D eigenvalue weighted by atomic mass is 35.5. The molecule has 0 amide bonds. The van der Waals surface area contributed by atoms with Crippen molar-refractivity contribution in [3.63, 3.8) is 0 Å². The topological polar surface area (TPSA) is 49.7 Å².